The third-order valence-electron chi connectivity index (χ3n) is 5.95. The summed E-state index contributed by atoms with van der Waals surface area (Å²) in [6.07, 6.45) is 9.12. The van der Waals surface area contributed by atoms with Crippen LogP contribution in [0.5, 0.6) is 0 Å². The predicted molar refractivity (Wildman–Crippen MR) is 122 cm³/mol. The summed E-state index contributed by atoms with van der Waals surface area (Å²) in [5.41, 5.74) is 8.88. The molecule has 1 atom stereocenters. The molecule has 3 heterocycles. The molecule has 10 nitrogen and oxygen atoms in total. The van der Waals surface area contributed by atoms with Gasteiger partial charge >= 0.3 is 0 Å². The SMILES string of the molecule is CC(O)CNc1cnc(-c2nc(C3(c4ccc(-c5cnc(N)nc5)cc4)CCC3)no2)cn1. The number of nitrogen functional groups attached to an aromatic ring is 1. The van der Waals surface area contributed by atoms with Crippen LogP contribution in [0.4, 0.5) is 11.8 Å². The van der Waals surface area contributed by atoms with Crippen LogP contribution >= 0.6 is 0 Å². The highest BCUT2D eigenvalue weighted by Crippen LogP contribution is 2.48. The minimum atomic E-state index is -0.475. The molecule has 0 aliphatic heterocycles. The standard InChI is InChI=1S/C23H24N8O2/c1-14(32)9-26-19-13-25-18(12-27-19)20-30-21(31-33-20)23(7-2-8-23)17-5-3-15(4-6-17)16-10-28-22(24)29-11-16/h3-6,10-14,32H,2,7-9H2,1H3,(H,26,27)(H2,24,28,29). The van der Waals surface area contributed by atoms with Gasteiger partial charge in [0, 0.05) is 24.5 Å². The molecule has 33 heavy (non-hydrogen) atoms. The molecule has 0 radical (unpaired) electrons. The third kappa shape index (κ3) is 4.12. The normalized spacial score (nSPS) is 15.6. The molecule has 0 saturated heterocycles. The number of benzene rings is 1. The Labute approximate surface area is 190 Å². The summed E-state index contributed by atoms with van der Waals surface area (Å²) in [5.74, 6) is 1.82. The molecule has 10 heteroatoms. The zero-order valence-corrected chi connectivity index (χ0v) is 18.1. The monoisotopic (exact) mass is 444 g/mol. The van der Waals surface area contributed by atoms with Gasteiger partial charge in [0.25, 0.3) is 5.89 Å². The van der Waals surface area contributed by atoms with Crippen LogP contribution in [0.15, 0.2) is 53.6 Å². The molecule has 4 N–H and O–H groups in total. The van der Waals surface area contributed by atoms with Gasteiger partial charge in [0.05, 0.1) is 23.9 Å². The Morgan fingerprint density at radius 1 is 1.03 bits per heavy atom. The van der Waals surface area contributed by atoms with Gasteiger partial charge in [-0.15, -0.1) is 0 Å². The van der Waals surface area contributed by atoms with Crippen molar-refractivity contribution >= 4 is 11.8 Å². The lowest BCUT2D eigenvalue weighted by molar-refractivity contribution is 0.208. The van der Waals surface area contributed by atoms with Crippen LogP contribution in [0.3, 0.4) is 0 Å². The number of aromatic nitrogens is 6. The molecule has 1 aliphatic rings. The molecular formula is C23H24N8O2. The van der Waals surface area contributed by atoms with Crippen LogP contribution in [0.2, 0.25) is 0 Å². The Bertz CT molecular complexity index is 1220. The first kappa shape index (κ1) is 21.0. The quantitative estimate of drug-likeness (QED) is 0.388. The van der Waals surface area contributed by atoms with Gasteiger partial charge in [0.1, 0.15) is 11.5 Å². The fraction of sp³-hybridized carbons (Fsp3) is 0.304. The predicted octanol–water partition coefficient (Wildman–Crippen LogP) is 2.83. The van der Waals surface area contributed by atoms with Crippen molar-refractivity contribution in [3.8, 4) is 22.7 Å². The van der Waals surface area contributed by atoms with E-state index >= 15 is 0 Å². The average molecular weight is 444 g/mol. The summed E-state index contributed by atoms with van der Waals surface area (Å²) in [6.45, 7) is 2.09. The van der Waals surface area contributed by atoms with Crippen molar-refractivity contribution in [2.24, 2.45) is 0 Å². The van der Waals surface area contributed by atoms with Gasteiger partial charge < -0.3 is 20.7 Å². The second kappa shape index (κ2) is 8.55. The van der Waals surface area contributed by atoms with Gasteiger partial charge in [0.2, 0.25) is 5.95 Å². The first-order chi connectivity index (χ1) is 16.0. The second-order valence-electron chi connectivity index (χ2n) is 8.28. The number of aliphatic hydroxyl groups excluding tert-OH is 1. The number of nitrogens with two attached hydrogens (primary N) is 1. The van der Waals surface area contributed by atoms with Crippen LogP contribution in [-0.2, 0) is 5.41 Å². The number of nitrogens with zero attached hydrogens (tertiary/aromatic N) is 6. The Morgan fingerprint density at radius 2 is 1.79 bits per heavy atom. The minimum Gasteiger partial charge on any atom is -0.392 e. The van der Waals surface area contributed by atoms with Crippen LogP contribution in [0.25, 0.3) is 22.7 Å². The lowest BCUT2D eigenvalue weighted by atomic mass is 9.64. The van der Waals surface area contributed by atoms with Gasteiger partial charge in [-0.2, -0.15) is 4.98 Å². The van der Waals surface area contributed by atoms with Crippen molar-refractivity contribution in [2.45, 2.75) is 37.7 Å². The van der Waals surface area contributed by atoms with E-state index in [2.05, 4.69) is 59.7 Å². The fourth-order valence-corrected chi connectivity index (χ4v) is 3.94. The van der Waals surface area contributed by atoms with Crippen LogP contribution < -0.4 is 11.1 Å². The summed E-state index contributed by atoms with van der Waals surface area (Å²) < 4.78 is 5.54. The summed E-state index contributed by atoms with van der Waals surface area (Å²) >= 11 is 0. The molecule has 1 aliphatic carbocycles. The summed E-state index contributed by atoms with van der Waals surface area (Å²) in [5, 5.41) is 16.7. The van der Waals surface area contributed by atoms with Crippen molar-refractivity contribution in [1.82, 2.24) is 30.1 Å². The van der Waals surface area contributed by atoms with E-state index in [0.717, 1.165) is 36.0 Å². The maximum Gasteiger partial charge on any atom is 0.278 e. The molecule has 3 aromatic heterocycles. The number of rotatable bonds is 7. The summed E-state index contributed by atoms with van der Waals surface area (Å²) in [6, 6.07) is 8.30. The molecule has 0 amide bonds. The van der Waals surface area contributed by atoms with Gasteiger partial charge in [-0.25, -0.2) is 19.9 Å². The Morgan fingerprint density at radius 3 is 2.39 bits per heavy atom. The summed E-state index contributed by atoms with van der Waals surface area (Å²) in [4.78, 5) is 21.5. The van der Waals surface area contributed by atoms with Gasteiger partial charge in [-0.3, -0.25) is 0 Å². The van der Waals surface area contributed by atoms with Crippen molar-refractivity contribution in [1.29, 1.82) is 0 Å². The number of nitrogens with one attached hydrogen (secondary N) is 1. The largest absolute Gasteiger partial charge is 0.392 e. The number of aliphatic hydroxyl groups is 1. The molecule has 4 aromatic rings. The number of hydrogen-bond acceptors (Lipinski definition) is 10. The zero-order chi connectivity index (χ0) is 22.8. The Balaban J connectivity index is 1.37. The van der Waals surface area contributed by atoms with Crippen LogP contribution in [0, 0.1) is 0 Å². The van der Waals surface area contributed by atoms with Gasteiger partial charge in [-0.1, -0.05) is 35.8 Å². The first-order valence-electron chi connectivity index (χ1n) is 10.8. The van der Waals surface area contributed by atoms with E-state index in [9.17, 15) is 5.11 Å². The third-order valence-corrected chi connectivity index (χ3v) is 5.95. The fourth-order valence-electron chi connectivity index (χ4n) is 3.94. The van der Waals surface area contributed by atoms with E-state index in [1.807, 2.05) is 0 Å². The molecule has 0 bridgehead atoms. The smallest absolute Gasteiger partial charge is 0.278 e. The van der Waals surface area contributed by atoms with Crippen molar-refractivity contribution in [3.63, 3.8) is 0 Å². The molecule has 1 saturated carbocycles. The zero-order valence-electron chi connectivity index (χ0n) is 18.1. The van der Waals surface area contributed by atoms with Crippen molar-refractivity contribution < 1.29 is 9.63 Å². The Kier molecular flexibility index (Phi) is 5.43. The van der Waals surface area contributed by atoms with E-state index in [-0.39, 0.29) is 11.4 Å². The van der Waals surface area contributed by atoms with Crippen molar-refractivity contribution in [3.05, 3.63) is 60.4 Å². The summed E-state index contributed by atoms with van der Waals surface area (Å²) in [7, 11) is 0. The lowest BCUT2D eigenvalue weighted by Crippen LogP contribution is -2.36. The lowest BCUT2D eigenvalue weighted by Gasteiger charge is -2.39. The minimum absolute atomic E-state index is 0.257. The molecule has 0 spiro atoms. The van der Waals surface area contributed by atoms with Gasteiger partial charge in [0.15, 0.2) is 5.82 Å². The second-order valence-corrected chi connectivity index (χ2v) is 8.28. The topological polar surface area (TPSA) is 149 Å². The van der Waals surface area contributed by atoms with Crippen LogP contribution in [-0.4, -0.2) is 47.8 Å². The average Bonchev–Trinajstić information content (AvgIpc) is 3.29. The molecule has 5 rings (SSSR count). The molecular weight excluding hydrogens is 420 g/mol. The van der Waals surface area contributed by atoms with Crippen LogP contribution in [0.1, 0.15) is 37.6 Å². The van der Waals surface area contributed by atoms with Crippen molar-refractivity contribution in [2.75, 3.05) is 17.6 Å². The van der Waals surface area contributed by atoms with E-state index in [1.165, 1.54) is 0 Å². The highest BCUT2D eigenvalue weighted by atomic mass is 16.5. The molecule has 168 valence electrons. The highest BCUT2D eigenvalue weighted by Gasteiger charge is 2.44. The molecule has 1 unspecified atom stereocenters. The van der Waals surface area contributed by atoms with Gasteiger partial charge in [-0.05, 0) is 30.9 Å². The number of hydrogen-bond donors (Lipinski definition) is 3. The Hall–Kier alpha value is -3.92. The highest BCUT2D eigenvalue weighted by molar-refractivity contribution is 5.63. The number of anilines is 2. The first-order valence-corrected chi connectivity index (χ1v) is 10.8. The van der Waals surface area contributed by atoms with E-state index in [4.69, 9.17) is 10.3 Å². The van der Waals surface area contributed by atoms with E-state index in [0.29, 0.717) is 29.8 Å². The van der Waals surface area contributed by atoms with E-state index in [1.54, 1.807) is 31.7 Å². The molecule has 1 fully saturated rings. The maximum absolute atomic E-state index is 9.38. The maximum atomic E-state index is 9.38. The molecule has 1 aromatic carbocycles. The van der Waals surface area contributed by atoms with E-state index < -0.39 is 6.10 Å².